The summed E-state index contributed by atoms with van der Waals surface area (Å²) in [6.45, 7) is 18.4. The number of hydrogen-bond donors (Lipinski definition) is 4. The van der Waals surface area contributed by atoms with Crippen molar-refractivity contribution >= 4 is 18.2 Å². The van der Waals surface area contributed by atoms with Gasteiger partial charge in [-0.05, 0) is 0 Å². The maximum absolute atomic E-state index is 4.07. The predicted octanol–water partition coefficient (Wildman–Crippen LogP) is 6.56. The second-order valence-electron chi connectivity index (χ2n) is 11.5. The fourth-order valence-electron chi connectivity index (χ4n) is 7.69. The van der Waals surface area contributed by atoms with E-state index in [4.69, 9.17) is 0 Å². The zero-order valence-electron chi connectivity index (χ0n) is 26.4. The Morgan fingerprint density at radius 1 is 0.561 bits per heavy atom. The molecule has 5 heterocycles. The van der Waals surface area contributed by atoms with E-state index in [0.29, 0.717) is 0 Å². The molecule has 223 valence electrons. The van der Waals surface area contributed by atoms with Gasteiger partial charge in [0.05, 0.1) is 0 Å². The summed E-state index contributed by atoms with van der Waals surface area (Å²) in [6.07, 6.45) is 16.4. The van der Waals surface area contributed by atoms with Crippen LogP contribution in [0, 0.1) is 0 Å². The van der Waals surface area contributed by atoms with Crippen LogP contribution in [0.5, 0.6) is 0 Å². The van der Waals surface area contributed by atoms with Crippen molar-refractivity contribution in [1.82, 2.24) is 20.3 Å². The van der Waals surface area contributed by atoms with Crippen molar-refractivity contribution in [2.75, 3.05) is 0 Å². The van der Waals surface area contributed by atoms with Crippen LogP contribution in [0.4, 0.5) is 0 Å². The first kappa shape index (κ1) is 30.0. The summed E-state index contributed by atoms with van der Waals surface area (Å²) in [4.78, 5) is 11.8. The van der Waals surface area contributed by atoms with Gasteiger partial charge in [0.25, 0.3) is 0 Å². The first-order valence-electron chi connectivity index (χ1n) is 16.1. The number of rotatable bonds is 8. The van der Waals surface area contributed by atoms with Gasteiger partial charge in [-0.3, -0.25) is 0 Å². The van der Waals surface area contributed by atoms with E-state index in [-0.39, 0.29) is 3.93 Å². The van der Waals surface area contributed by atoms with Crippen LogP contribution >= 0.6 is 0 Å². The van der Waals surface area contributed by atoms with E-state index in [1.807, 2.05) is 0 Å². The van der Waals surface area contributed by atoms with Crippen LogP contribution in [-0.2, 0) is 64.8 Å². The van der Waals surface area contributed by atoms with E-state index >= 15 is 0 Å². The molecular weight excluding hydrogens is 684 g/mol. The molecule has 5 rings (SSSR count). The van der Waals surface area contributed by atoms with Gasteiger partial charge < -0.3 is 0 Å². The van der Waals surface area contributed by atoms with Crippen LogP contribution in [0.3, 0.4) is 0 Å². The average molecular weight is 733 g/mol. The average Bonchev–Trinajstić information content (AvgIpc) is 3.66. The summed E-state index contributed by atoms with van der Waals surface area (Å²) >= 11 is 2.70. The molecule has 3 aromatic rings. The Labute approximate surface area is 258 Å². The van der Waals surface area contributed by atoms with E-state index in [2.05, 4.69) is 114 Å². The molecular formula is C36H49N4Pt. The molecule has 0 saturated carbocycles. The number of hydrogen-bond acceptors (Lipinski definition) is 1. The normalized spacial score (nSPS) is 18.3. The van der Waals surface area contributed by atoms with Crippen molar-refractivity contribution in [1.29, 1.82) is 0 Å². The number of fused-ring (bicyclic) bond motifs is 8. The quantitative estimate of drug-likeness (QED) is 0.209. The van der Waals surface area contributed by atoms with Gasteiger partial charge in [0, 0.05) is 0 Å². The fraction of sp³-hybridized carbons (Fsp3) is 0.500. The van der Waals surface area contributed by atoms with Gasteiger partial charge in [-0.1, -0.05) is 0 Å². The van der Waals surface area contributed by atoms with Crippen LogP contribution in [0.25, 0.3) is 18.2 Å². The molecule has 0 aliphatic carbocycles. The van der Waals surface area contributed by atoms with Crippen molar-refractivity contribution in [3.8, 4) is 0 Å². The number of nitrogens with one attached hydrogen (secondary N) is 4. The van der Waals surface area contributed by atoms with Crippen LogP contribution in [0.2, 0.25) is 0 Å². The molecule has 4 N–H and O–H groups in total. The zero-order valence-corrected chi connectivity index (χ0v) is 28.7. The van der Waals surface area contributed by atoms with Gasteiger partial charge in [0.2, 0.25) is 0 Å². The summed E-state index contributed by atoms with van der Waals surface area (Å²) in [6, 6.07) is 0. The minimum atomic E-state index is -0.148. The Balaban J connectivity index is 1.92. The van der Waals surface area contributed by atoms with Crippen LogP contribution < -0.4 is 16.0 Å². The third-order valence-electron chi connectivity index (χ3n) is 9.49. The Hall–Kier alpha value is -2.45. The summed E-state index contributed by atoms with van der Waals surface area (Å²) in [5.41, 5.74) is 18.2. The third-order valence-corrected chi connectivity index (χ3v) is 10.9. The molecule has 1 unspecified atom stereocenters. The van der Waals surface area contributed by atoms with Crippen molar-refractivity contribution < 1.29 is 19.8 Å². The second kappa shape index (κ2) is 12.0. The van der Waals surface area contributed by atoms with Gasteiger partial charge in [-0.15, -0.1) is 0 Å². The molecule has 4 nitrogen and oxygen atoms in total. The number of aromatic amines is 3. The standard InChI is InChI=1S/C36H49N4.Pt/c1-9-21-22(10-2)30-18-32-25(13-5)26(14-6)34(39-32)20-36-28(16-8)27(15-7)35(40-36)19-33-24(12-4)23(11-3)31(38-33)17-29(21)37-30;/h17-19,37-40H,9-16,20H2,1-8H3;. The van der Waals surface area contributed by atoms with Gasteiger partial charge >= 0.3 is 259 Å². The fourth-order valence-corrected chi connectivity index (χ4v) is 9.14. The summed E-state index contributed by atoms with van der Waals surface area (Å²) < 4.78 is -0.148. The van der Waals surface area contributed by atoms with Crippen molar-refractivity contribution in [2.24, 2.45) is 0 Å². The summed E-state index contributed by atoms with van der Waals surface area (Å²) in [5, 5.41) is 6.57. The molecule has 0 spiro atoms. The summed E-state index contributed by atoms with van der Waals surface area (Å²) in [7, 11) is 0. The zero-order chi connectivity index (χ0) is 29.5. The SMILES string of the molecule is CCC1=C(CC)[C]2([Pt])Cc3[nH]c(c(CC)c3CC)C=c3[nH]c(c(CC)c3CC)=Cc3[nH]c(c(CC)c3CC)C=C1N2. The number of H-pyrrole nitrogens is 3. The van der Waals surface area contributed by atoms with E-state index in [0.717, 1.165) is 57.8 Å². The monoisotopic (exact) mass is 732 g/mol. The van der Waals surface area contributed by atoms with E-state index in [9.17, 15) is 0 Å². The van der Waals surface area contributed by atoms with Crippen molar-refractivity contribution in [2.45, 2.75) is 117 Å². The van der Waals surface area contributed by atoms with Gasteiger partial charge in [-0.25, -0.2) is 0 Å². The molecule has 0 fully saturated rings. The van der Waals surface area contributed by atoms with E-state index in [1.54, 1.807) is 5.57 Å². The third kappa shape index (κ3) is 4.99. The Morgan fingerprint density at radius 3 is 1.54 bits per heavy atom. The van der Waals surface area contributed by atoms with Gasteiger partial charge in [0.15, 0.2) is 0 Å². The maximum atomic E-state index is 4.07. The van der Waals surface area contributed by atoms with E-state index in [1.165, 1.54) is 78.1 Å². The van der Waals surface area contributed by atoms with Crippen molar-refractivity contribution in [3.63, 3.8) is 0 Å². The molecule has 1 atom stereocenters. The number of aromatic nitrogens is 3. The predicted molar refractivity (Wildman–Crippen MR) is 170 cm³/mol. The molecule has 0 saturated heterocycles. The Morgan fingerprint density at radius 2 is 1.05 bits per heavy atom. The van der Waals surface area contributed by atoms with Gasteiger partial charge in [0.1, 0.15) is 0 Å². The minimum absolute atomic E-state index is 0.148. The summed E-state index contributed by atoms with van der Waals surface area (Å²) in [5.74, 6) is 0. The molecule has 8 bridgehead atoms. The second-order valence-corrected chi connectivity index (χ2v) is 13.4. The van der Waals surface area contributed by atoms with E-state index < -0.39 is 0 Å². The molecule has 2 aliphatic rings. The van der Waals surface area contributed by atoms with Crippen LogP contribution in [-0.4, -0.2) is 18.9 Å². The number of allylic oxidation sites excluding steroid dienone is 1. The molecule has 5 heteroatoms. The van der Waals surface area contributed by atoms with Crippen molar-refractivity contribution in [3.05, 3.63) is 83.7 Å². The van der Waals surface area contributed by atoms with Gasteiger partial charge in [-0.2, -0.15) is 0 Å². The first-order valence-corrected chi connectivity index (χ1v) is 17.2. The Bertz CT molecular complexity index is 1640. The molecule has 0 amide bonds. The first-order chi connectivity index (χ1) is 19.8. The molecule has 0 aromatic carbocycles. The van der Waals surface area contributed by atoms with Crippen LogP contribution in [0.1, 0.15) is 124 Å². The molecule has 41 heavy (non-hydrogen) atoms. The topological polar surface area (TPSA) is 59.4 Å². The Kier molecular flexibility index (Phi) is 8.81. The molecule has 3 aromatic heterocycles. The molecule has 0 radical (unpaired) electrons. The van der Waals surface area contributed by atoms with Crippen LogP contribution in [0.15, 0.2) is 16.8 Å². The molecule has 2 aliphatic heterocycles.